The van der Waals surface area contributed by atoms with Crippen LogP contribution in [-0.4, -0.2) is 12.4 Å². The molecule has 0 aliphatic rings. The monoisotopic (exact) mass is 295 g/mol. The van der Waals surface area contributed by atoms with Crippen LogP contribution >= 0.6 is 0 Å². The van der Waals surface area contributed by atoms with Gasteiger partial charge in [-0.2, -0.15) is 0 Å². The Morgan fingerprint density at radius 1 is 1.14 bits per heavy atom. The summed E-state index contributed by atoms with van der Waals surface area (Å²) in [6.45, 7) is 4.67. The van der Waals surface area contributed by atoms with Crippen LogP contribution < -0.4 is 10.1 Å². The Balaban J connectivity index is 1.96. The average Bonchev–Trinajstić information content (AvgIpc) is 2.55. The highest BCUT2D eigenvalue weighted by Gasteiger charge is 2.01. The molecule has 0 aliphatic heterocycles. The van der Waals surface area contributed by atoms with E-state index >= 15 is 0 Å². The number of ketones is 1. The van der Waals surface area contributed by atoms with Gasteiger partial charge in [0.1, 0.15) is 5.75 Å². The number of carbonyl (C=O) groups is 1. The first-order chi connectivity index (χ1) is 10.7. The number of hydrogen-bond acceptors (Lipinski definition) is 3. The van der Waals surface area contributed by atoms with Crippen LogP contribution in [0, 0.1) is 0 Å². The van der Waals surface area contributed by atoms with Crippen molar-refractivity contribution in [2.75, 3.05) is 11.9 Å². The van der Waals surface area contributed by atoms with E-state index in [2.05, 4.69) is 12.2 Å². The minimum Gasteiger partial charge on any atom is -0.494 e. The molecule has 0 fully saturated rings. The highest BCUT2D eigenvalue weighted by molar-refractivity contribution is 6.04. The summed E-state index contributed by atoms with van der Waals surface area (Å²) in [6.07, 6.45) is 4.16. The molecule has 0 bridgehead atoms. The van der Waals surface area contributed by atoms with Gasteiger partial charge in [0.05, 0.1) is 6.61 Å². The molecule has 0 atom stereocenters. The van der Waals surface area contributed by atoms with Crippen molar-refractivity contribution in [3.05, 3.63) is 71.9 Å². The van der Waals surface area contributed by atoms with Gasteiger partial charge in [0.25, 0.3) is 0 Å². The topological polar surface area (TPSA) is 38.3 Å². The third kappa shape index (κ3) is 4.48. The van der Waals surface area contributed by atoms with Crippen LogP contribution in [0.3, 0.4) is 0 Å². The first-order valence-corrected chi connectivity index (χ1v) is 7.52. The smallest absolute Gasteiger partial charge is 0.187 e. The highest BCUT2D eigenvalue weighted by atomic mass is 16.5. The molecule has 0 spiro atoms. The Bertz CT molecular complexity index is 645. The third-order valence-corrected chi connectivity index (χ3v) is 3.28. The minimum absolute atomic E-state index is 0.0175. The van der Waals surface area contributed by atoms with Crippen LogP contribution in [0.15, 0.2) is 60.8 Å². The first-order valence-electron chi connectivity index (χ1n) is 7.52. The molecule has 2 rings (SSSR count). The Morgan fingerprint density at radius 3 is 2.59 bits per heavy atom. The molecule has 3 heteroatoms. The lowest BCUT2D eigenvalue weighted by atomic mass is 10.1. The fourth-order valence-corrected chi connectivity index (χ4v) is 2.06. The summed E-state index contributed by atoms with van der Waals surface area (Å²) < 4.78 is 5.43. The Labute approximate surface area is 131 Å². The molecule has 0 saturated heterocycles. The Morgan fingerprint density at radius 2 is 1.91 bits per heavy atom. The number of hydrogen-bond donors (Lipinski definition) is 1. The van der Waals surface area contributed by atoms with Gasteiger partial charge in [0.2, 0.25) is 0 Å². The summed E-state index contributed by atoms with van der Waals surface area (Å²) in [4.78, 5) is 12.1. The van der Waals surface area contributed by atoms with Crippen LogP contribution in [0.5, 0.6) is 5.75 Å². The van der Waals surface area contributed by atoms with E-state index in [1.165, 1.54) is 11.6 Å². The molecule has 0 saturated carbocycles. The molecule has 0 aromatic heterocycles. The van der Waals surface area contributed by atoms with Crippen LogP contribution in [0.1, 0.15) is 29.8 Å². The van der Waals surface area contributed by atoms with Crippen molar-refractivity contribution in [1.82, 2.24) is 0 Å². The molecule has 1 N–H and O–H groups in total. The molecular formula is C19H21NO2. The summed E-state index contributed by atoms with van der Waals surface area (Å²) in [5, 5.41) is 3.09. The van der Waals surface area contributed by atoms with Crippen molar-refractivity contribution >= 4 is 11.5 Å². The van der Waals surface area contributed by atoms with Gasteiger partial charge in [-0.1, -0.05) is 37.3 Å². The maximum absolute atomic E-state index is 12.1. The summed E-state index contributed by atoms with van der Waals surface area (Å²) in [6, 6.07) is 15.3. The van der Waals surface area contributed by atoms with Crippen molar-refractivity contribution in [3.63, 3.8) is 0 Å². The second-order valence-electron chi connectivity index (χ2n) is 4.85. The fraction of sp³-hybridized carbons (Fsp3) is 0.211. The maximum atomic E-state index is 12.1. The largest absolute Gasteiger partial charge is 0.494 e. The molecule has 0 amide bonds. The van der Waals surface area contributed by atoms with Crippen LogP contribution in [-0.2, 0) is 6.42 Å². The van der Waals surface area contributed by atoms with Gasteiger partial charge in [-0.3, -0.25) is 4.79 Å². The molecule has 0 unspecified atom stereocenters. The van der Waals surface area contributed by atoms with Crippen molar-refractivity contribution in [2.24, 2.45) is 0 Å². The van der Waals surface area contributed by atoms with E-state index < -0.39 is 0 Å². The van der Waals surface area contributed by atoms with Crippen molar-refractivity contribution in [1.29, 1.82) is 0 Å². The van der Waals surface area contributed by atoms with Gasteiger partial charge >= 0.3 is 0 Å². The summed E-state index contributed by atoms with van der Waals surface area (Å²) in [7, 11) is 0. The molecule has 0 aliphatic carbocycles. The number of allylic oxidation sites excluding steroid dienone is 1. The van der Waals surface area contributed by atoms with E-state index in [-0.39, 0.29) is 5.78 Å². The number of aryl methyl sites for hydroxylation is 1. The van der Waals surface area contributed by atoms with Crippen molar-refractivity contribution < 1.29 is 9.53 Å². The maximum Gasteiger partial charge on any atom is 0.187 e. The predicted octanol–water partition coefficient (Wildman–Crippen LogP) is 4.46. The zero-order valence-electron chi connectivity index (χ0n) is 13.0. The van der Waals surface area contributed by atoms with Gasteiger partial charge in [-0.25, -0.2) is 0 Å². The second kappa shape index (κ2) is 8.03. The van der Waals surface area contributed by atoms with E-state index in [4.69, 9.17) is 4.74 Å². The lowest BCUT2D eigenvalue weighted by molar-refractivity contribution is 0.104. The summed E-state index contributed by atoms with van der Waals surface area (Å²) in [5.74, 6) is 0.790. The molecule has 2 aromatic rings. The van der Waals surface area contributed by atoms with E-state index in [1.807, 2.05) is 55.5 Å². The molecule has 2 aromatic carbocycles. The summed E-state index contributed by atoms with van der Waals surface area (Å²) in [5.41, 5.74) is 2.81. The molecule has 114 valence electrons. The van der Waals surface area contributed by atoms with Gasteiger partial charge in [0.15, 0.2) is 5.78 Å². The van der Waals surface area contributed by atoms with Gasteiger partial charge in [-0.15, -0.1) is 0 Å². The van der Waals surface area contributed by atoms with Gasteiger partial charge < -0.3 is 10.1 Å². The molecular weight excluding hydrogens is 274 g/mol. The first kappa shape index (κ1) is 15.8. The normalized spacial score (nSPS) is 10.6. The zero-order valence-corrected chi connectivity index (χ0v) is 13.0. The second-order valence-corrected chi connectivity index (χ2v) is 4.85. The fourth-order valence-electron chi connectivity index (χ4n) is 2.06. The Hall–Kier alpha value is -2.55. The van der Waals surface area contributed by atoms with Crippen LogP contribution in [0.25, 0.3) is 0 Å². The lowest BCUT2D eigenvalue weighted by Crippen LogP contribution is -1.97. The molecule has 0 heterocycles. The molecule has 22 heavy (non-hydrogen) atoms. The Kier molecular flexibility index (Phi) is 5.78. The SMILES string of the molecule is CCOc1cccc(N/C=C/C(=O)c2ccc(CC)cc2)c1. The third-order valence-electron chi connectivity index (χ3n) is 3.28. The van der Waals surface area contributed by atoms with E-state index in [0.717, 1.165) is 17.9 Å². The number of ether oxygens (including phenoxy) is 1. The molecule has 3 nitrogen and oxygen atoms in total. The lowest BCUT2D eigenvalue weighted by Gasteiger charge is -2.05. The average molecular weight is 295 g/mol. The number of anilines is 1. The number of nitrogens with one attached hydrogen (secondary N) is 1. The van der Waals surface area contributed by atoms with Gasteiger partial charge in [0, 0.05) is 29.6 Å². The highest BCUT2D eigenvalue weighted by Crippen LogP contribution is 2.17. The van der Waals surface area contributed by atoms with Crippen molar-refractivity contribution in [3.8, 4) is 5.75 Å². The summed E-state index contributed by atoms with van der Waals surface area (Å²) >= 11 is 0. The van der Waals surface area contributed by atoms with Crippen LogP contribution in [0.4, 0.5) is 5.69 Å². The van der Waals surface area contributed by atoms with E-state index in [9.17, 15) is 4.79 Å². The van der Waals surface area contributed by atoms with Crippen molar-refractivity contribution in [2.45, 2.75) is 20.3 Å². The van der Waals surface area contributed by atoms with Gasteiger partial charge in [-0.05, 0) is 31.0 Å². The standard InChI is InChI=1S/C19H21NO2/c1-3-15-8-10-16(11-9-15)19(21)12-13-20-17-6-5-7-18(14-17)22-4-2/h5-14,20H,3-4H2,1-2H3/b13-12+. The van der Waals surface area contributed by atoms with Crippen LogP contribution in [0.2, 0.25) is 0 Å². The van der Waals surface area contributed by atoms with E-state index in [0.29, 0.717) is 12.2 Å². The number of benzene rings is 2. The quantitative estimate of drug-likeness (QED) is 0.605. The molecule has 0 radical (unpaired) electrons. The number of rotatable bonds is 7. The number of carbonyl (C=O) groups excluding carboxylic acids is 1. The predicted molar refractivity (Wildman–Crippen MR) is 90.5 cm³/mol. The van der Waals surface area contributed by atoms with E-state index in [1.54, 1.807) is 6.20 Å². The minimum atomic E-state index is -0.0175. The zero-order chi connectivity index (χ0) is 15.8.